The number of carbonyl (C=O) groups excluding carboxylic acids is 1. The molecule has 0 aliphatic rings. The van der Waals surface area contributed by atoms with Crippen molar-refractivity contribution in [1.29, 1.82) is 0 Å². The number of benzene rings is 2. The first-order chi connectivity index (χ1) is 12.6. The number of amides is 1. The van der Waals surface area contributed by atoms with Gasteiger partial charge in [-0.1, -0.05) is 17.4 Å². The zero-order valence-electron chi connectivity index (χ0n) is 14.3. The minimum atomic E-state index is -0.480. The van der Waals surface area contributed by atoms with Gasteiger partial charge >= 0.3 is 0 Å². The van der Waals surface area contributed by atoms with E-state index in [4.69, 9.17) is 9.47 Å². The van der Waals surface area contributed by atoms with Gasteiger partial charge in [0, 0.05) is 6.08 Å². The van der Waals surface area contributed by atoms with Crippen LogP contribution < -0.4 is 14.8 Å². The maximum atomic E-state index is 13.6. The van der Waals surface area contributed by atoms with E-state index in [0.717, 1.165) is 16.0 Å². The molecule has 0 atom stereocenters. The number of anilines is 1. The van der Waals surface area contributed by atoms with Gasteiger partial charge in [-0.15, -0.1) is 0 Å². The van der Waals surface area contributed by atoms with Crippen LogP contribution in [0.3, 0.4) is 0 Å². The summed E-state index contributed by atoms with van der Waals surface area (Å²) < 4.78 is 24.9. The molecule has 0 unspecified atom stereocenters. The molecule has 0 saturated heterocycles. The highest BCUT2D eigenvalue weighted by atomic mass is 32.1. The summed E-state index contributed by atoms with van der Waals surface area (Å²) in [6.45, 7) is 2.51. The second-order valence-corrected chi connectivity index (χ2v) is 6.33. The number of nitrogens with zero attached hydrogens (tertiary/aromatic N) is 1. The molecule has 0 bridgehead atoms. The third-order valence-electron chi connectivity index (χ3n) is 3.50. The monoisotopic (exact) mass is 372 g/mol. The third kappa shape index (κ3) is 4.18. The number of halogens is 1. The van der Waals surface area contributed by atoms with Crippen LogP contribution in [0.4, 0.5) is 9.52 Å². The van der Waals surface area contributed by atoms with Crippen LogP contribution in [0.1, 0.15) is 12.5 Å². The SMILES string of the molecule is CCOc1ccc2nc(NC(=O)/C=C/c3ccc(OC)c(F)c3)sc2c1. The molecule has 26 heavy (non-hydrogen) atoms. The molecule has 0 saturated carbocycles. The van der Waals surface area contributed by atoms with Gasteiger partial charge in [-0.05, 0) is 48.9 Å². The summed E-state index contributed by atoms with van der Waals surface area (Å²) in [7, 11) is 1.40. The van der Waals surface area contributed by atoms with E-state index in [-0.39, 0.29) is 11.7 Å². The van der Waals surface area contributed by atoms with Gasteiger partial charge in [0.05, 0.1) is 23.9 Å². The first kappa shape index (κ1) is 17.9. The number of fused-ring (bicyclic) bond motifs is 1. The van der Waals surface area contributed by atoms with Crippen molar-refractivity contribution in [3.8, 4) is 11.5 Å². The molecule has 5 nitrogen and oxygen atoms in total. The number of nitrogens with one attached hydrogen (secondary N) is 1. The molecule has 3 aromatic rings. The van der Waals surface area contributed by atoms with Gasteiger partial charge in [-0.3, -0.25) is 10.1 Å². The van der Waals surface area contributed by atoms with Gasteiger partial charge in [-0.2, -0.15) is 0 Å². The minimum Gasteiger partial charge on any atom is -0.494 e. The number of carbonyl (C=O) groups is 1. The molecule has 0 fully saturated rings. The Morgan fingerprint density at radius 1 is 1.31 bits per heavy atom. The zero-order valence-corrected chi connectivity index (χ0v) is 15.1. The minimum absolute atomic E-state index is 0.160. The van der Waals surface area contributed by atoms with Crippen LogP contribution in [-0.2, 0) is 4.79 Å². The maximum absolute atomic E-state index is 13.6. The van der Waals surface area contributed by atoms with E-state index in [1.165, 1.54) is 42.7 Å². The highest BCUT2D eigenvalue weighted by Gasteiger charge is 2.07. The molecule has 2 aromatic carbocycles. The van der Waals surface area contributed by atoms with E-state index in [2.05, 4.69) is 10.3 Å². The van der Waals surface area contributed by atoms with Crippen LogP contribution in [0, 0.1) is 5.82 Å². The molecule has 0 aliphatic carbocycles. The highest BCUT2D eigenvalue weighted by Crippen LogP contribution is 2.29. The maximum Gasteiger partial charge on any atom is 0.250 e. The van der Waals surface area contributed by atoms with Crippen molar-refractivity contribution in [3.63, 3.8) is 0 Å². The lowest BCUT2D eigenvalue weighted by Gasteiger charge is -2.01. The Labute approximate surface area is 154 Å². The standard InChI is InChI=1S/C19H17FN2O3S/c1-3-25-13-6-7-15-17(11-13)26-19(21-15)22-18(23)9-5-12-4-8-16(24-2)14(20)10-12/h4-11H,3H2,1-2H3,(H,21,22,23)/b9-5+. The highest BCUT2D eigenvalue weighted by molar-refractivity contribution is 7.22. The number of hydrogen-bond acceptors (Lipinski definition) is 5. The average Bonchev–Trinajstić information content (AvgIpc) is 3.02. The van der Waals surface area contributed by atoms with Crippen molar-refractivity contribution >= 4 is 38.7 Å². The van der Waals surface area contributed by atoms with Gasteiger partial charge in [0.2, 0.25) is 5.91 Å². The molecule has 1 heterocycles. The van der Waals surface area contributed by atoms with Gasteiger partial charge < -0.3 is 9.47 Å². The molecule has 134 valence electrons. The summed E-state index contributed by atoms with van der Waals surface area (Å²) in [6, 6.07) is 10.1. The summed E-state index contributed by atoms with van der Waals surface area (Å²) >= 11 is 1.36. The van der Waals surface area contributed by atoms with Crippen molar-refractivity contribution in [1.82, 2.24) is 4.98 Å². The first-order valence-electron chi connectivity index (χ1n) is 7.95. The number of thiazole rings is 1. The first-order valence-corrected chi connectivity index (χ1v) is 8.76. The number of ether oxygens (including phenoxy) is 2. The Morgan fingerprint density at radius 3 is 2.88 bits per heavy atom. The predicted molar refractivity (Wildman–Crippen MR) is 101 cm³/mol. The zero-order chi connectivity index (χ0) is 18.5. The van der Waals surface area contributed by atoms with Crippen LogP contribution in [0.2, 0.25) is 0 Å². The fourth-order valence-electron chi connectivity index (χ4n) is 2.32. The van der Waals surface area contributed by atoms with Crippen molar-refractivity contribution in [2.45, 2.75) is 6.92 Å². The molecular formula is C19H17FN2O3S. The fraction of sp³-hybridized carbons (Fsp3) is 0.158. The number of hydrogen-bond donors (Lipinski definition) is 1. The van der Waals surface area contributed by atoms with E-state index >= 15 is 0 Å². The summed E-state index contributed by atoms with van der Waals surface area (Å²) in [4.78, 5) is 16.4. The quantitative estimate of drug-likeness (QED) is 0.648. The lowest BCUT2D eigenvalue weighted by atomic mass is 10.2. The van der Waals surface area contributed by atoms with Gasteiger partial charge in [0.15, 0.2) is 16.7 Å². The van der Waals surface area contributed by atoms with Gasteiger partial charge in [0.1, 0.15) is 5.75 Å². The van der Waals surface area contributed by atoms with Crippen LogP contribution in [0.15, 0.2) is 42.5 Å². The molecule has 0 spiro atoms. The molecule has 7 heteroatoms. The molecule has 3 rings (SSSR count). The van der Waals surface area contributed by atoms with E-state index in [0.29, 0.717) is 17.3 Å². The molecule has 0 radical (unpaired) electrons. The summed E-state index contributed by atoms with van der Waals surface area (Å²) in [5.41, 5.74) is 1.35. The predicted octanol–water partition coefficient (Wildman–Crippen LogP) is 4.49. The topological polar surface area (TPSA) is 60.5 Å². The Morgan fingerprint density at radius 2 is 2.15 bits per heavy atom. The Hall–Kier alpha value is -2.93. The molecule has 1 N–H and O–H groups in total. The van der Waals surface area contributed by atoms with E-state index in [1.807, 2.05) is 25.1 Å². The second-order valence-electron chi connectivity index (χ2n) is 5.30. The van der Waals surface area contributed by atoms with Crippen molar-refractivity contribution < 1.29 is 18.7 Å². The summed E-state index contributed by atoms with van der Waals surface area (Å²) in [6.07, 6.45) is 2.86. The lowest BCUT2D eigenvalue weighted by Crippen LogP contribution is -2.07. The fourth-order valence-corrected chi connectivity index (χ4v) is 3.22. The smallest absolute Gasteiger partial charge is 0.250 e. The van der Waals surface area contributed by atoms with E-state index < -0.39 is 5.82 Å². The van der Waals surface area contributed by atoms with Crippen LogP contribution in [-0.4, -0.2) is 24.6 Å². The van der Waals surface area contributed by atoms with E-state index in [1.54, 1.807) is 6.07 Å². The Bertz CT molecular complexity index is 969. The Kier molecular flexibility index (Phi) is 5.48. The van der Waals surface area contributed by atoms with Gasteiger partial charge in [0.25, 0.3) is 0 Å². The van der Waals surface area contributed by atoms with Crippen LogP contribution in [0.25, 0.3) is 16.3 Å². The molecule has 1 aromatic heterocycles. The average molecular weight is 372 g/mol. The summed E-state index contributed by atoms with van der Waals surface area (Å²) in [5.74, 6) is 0.104. The lowest BCUT2D eigenvalue weighted by molar-refractivity contribution is -0.111. The molecule has 1 amide bonds. The van der Waals surface area contributed by atoms with Crippen molar-refractivity contribution in [2.24, 2.45) is 0 Å². The largest absolute Gasteiger partial charge is 0.494 e. The second kappa shape index (κ2) is 7.97. The number of methoxy groups -OCH3 is 1. The van der Waals surface area contributed by atoms with Crippen molar-refractivity contribution in [3.05, 3.63) is 53.9 Å². The van der Waals surface area contributed by atoms with Gasteiger partial charge in [-0.25, -0.2) is 9.37 Å². The summed E-state index contributed by atoms with van der Waals surface area (Å²) in [5, 5.41) is 3.20. The number of rotatable bonds is 6. The van der Waals surface area contributed by atoms with E-state index in [9.17, 15) is 9.18 Å². The third-order valence-corrected chi connectivity index (χ3v) is 4.44. The van der Waals surface area contributed by atoms with Crippen LogP contribution in [0.5, 0.6) is 11.5 Å². The van der Waals surface area contributed by atoms with Crippen molar-refractivity contribution in [2.75, 3.05) is 19.0 Å². The number of aromatic nitrogens is 1. The van der Waals surface area contributed by atoms with Crippen LogP contribution >= 0.6 is 11.3 Å². The normalized spacial score (nSPS) is 11.0. The molecule has 0 aliphatic heterocycles. The molecular weight excluding hydrogens is 355 g/mol. The Balaban J connectivity index is 1.69.